The summed E-state index contributed by atoms with van der Waals surface area (Å²) in [5, 5.41) is 0. The van der Waals surface area contributed by atoms with Crippen LogP contribution in [0.3, 0.4) is 0 Å². The molecule has 0 fully saturated rings. The number of halogens is 6. The molecule has 0 saturated heterocycles. The third-order valence-electron chi connectivity index (χ3n) is 9.30. The molecule has 0 N–H and O–H groups in total. The summed E-state index contributed by atoms with van der Waals surface area (Å²) in [7, 11) is 0. The molecular formula is C41H38F6Hf. The molecule has 0 spiro atoms. The van der Waals surface area contributed by atoms with Gasteiger partial charge in [-0.3, -0.25) is 0 Å². The Morgan fingerprint density at radius 3 is 1.71 bits per heavy atom. The van der Waals surface area contributed by atoms with Crippen LogP contribution in [0.1, 0.15) is 92.5 Å². The standard InChI is InChI=1S/C21H25.C15H8F6.C5H5.Hf/c1-20(2,3)16-7-9-18-14(12-16)11-15-13-17(21(4,5)6)8-10-19(15)18;16-14(17,18)12-5-1-3-10(8-12)7-11-4-2-6-13(9-11)15(19,20)21;1-2-4-5-3-1;/h7-10,12H,11H2,1-6H3;1-6,8-9H;1-3H,4H2;. The van der Waals surface area contributed by atoms with Crippen molar-refractivity contribution < 1.29 is 47.3 Å². The van der Waals surface area contributed by atoms with Crippen LogP contribution in [-0.4, -0.2) is 3.26 Å². The molecule has 4 aromatic carbocycles. The van der Waals surface area contributed by atoms with Crippen LogP contribution in [0.2, 0.25) is 0 Å². The zero-order valence-corrected chi connectivity index (χ0v) is 31.5. The Kier molecular flexibility index (Phi) is 8.80. The van der Waals surface area contributed by atoms with Crippen LogP contribution in [0.5, 0.6) is 0 Å². The van der Waals surface area contributed by atoms with Crippen molar-refractivity contribution in [1.82, 2.24) is 0 Å². The van der Waals surface area contributed by atoms with Crippen molar-refractivity contribution in [2.45, 2.75) is 77.6 Å². The Labute approximate surface area is 286 Å². The second kappa shape index (κ2) is 12.2. The van der Waals surface area contributed by atoms with E-state index in [0.717, 1.165) is 49.8 Å². The van der Waals surface area contributed by atoms with Crippen molar-refractivity contribution in [3.05, 3.63) is 145 Å². The molecular weight excluding hydrogens is 785 g/mol. The van der Waals surface area contributed by atoms with Crippen molar-refractivity contribution >= 4 is 6.58 Å². The summed E-state index contributed by atoms with van der Waals surface area (Å²) in [5.74, 6) is 0. The van der Waals surface area contributed by atoms with Crippen molar-refractivity contribution in [3.63, 3.8) is 0 Å². The number of alkyl halides is 6. The van der Waals surface area contributed by atoms with Crippen molar-refractivity contribution in [2.75, 3.05) is 0 Å². The van der Waals surface area contributed by atoms with Gasteiger partial charge >= 0.3 is 287 Å². The second-order valence-electron chi connectivity index (χ2n) is 14.8. The van der Waals surface area contributed by atoms with E-state index in [0.29, 0.717) is 27.2 Å². The van der Waals surface area contributed by atoms with Crippen LogP contribution in [0, 0.1) is 0 Å². The van der Waals surface area contributed by atoms with Gasteiger partial charge in [0.25, 0.3) is 0 Å². The summed E-state index contributed by atoms with van der Waals surface area (Å²) in [6.07, 6.45) is -1.84. The van der Waals surface area contributed by atoms with Gasteiger partial charge in [-0.15, -0.1) is 0 Å². The molecule has 0 nitrogen and oxygen atoms in total. The molecule has 0 aliphatic heterocycles. The predicted octanol–water partition coefficient (Wildman–Crippen LogP) is 11.2. The molecule has 2 aliphatic rings. The molecule has 48 heavy (non-hydrogen) atoms. The van der Waals surface area contributed by atoms with Crippen molar-refractivity contribution in [1.29, 1.82) is 0 Å². The van der Waals surface area contributed by atoms with Crippen LogP contribution in [0.15, 0.2) is 100 Å². The zero-order valence-electron chi connectivity index (χ0n) is 27.9. The van der Waals surface area contributed by atoms with E-state index >= 15 is 0 Å². The first-order chi connectivity index (χ1) is 22.3. The first-order valence-corrected chi connectivity index (χ1v) is 21.5. The Morgan fingerprint density at radius 1 is 0.625 bits per heavy atom. The number of fused-ring (bicyclic) bond motifs is 3. The van der Waals surface area contributed by atoms with Crippen molar-refractivity contribution in [3.8, 4) is 11.1 Å². The summed E-state index contributed by atoms with van der Waals surface area (Å²) >= 11 is -3.88. The maximum absolute atomic E-state index is 14.2. The molecule has 0 radical (unpaired) electrons. The average Bonchev–Trinajstić information content (AvgIpc) is 3.66. The molecule has 0 heterocycles. The molecule has 0 bridgehead atoms. The topological polar surface area (TPSA) is 0 Å². The van der Waals surface area contributed by atoms with E-state index in [1.807, 2.05) is 12.2 Å². The third kappa shape index (κ3) is 6.64. The molecule has 2 aliphatic carbocycles. The fraction of sp³-hybridized carbons (Fsp3) is 0.293. The molecule has 0 amide bonds. The summed E-state index contributed by atoms with van der Waals surface area (Å²) in [6.45, 7) is 12.9. The van der Waals surface area contributed by atoms with E-state index in [1.54, 1.807) is 12.1 Å². The Bertz CT molecular complexity index is 1950. The van der Waals surface area contributed by atoms with Gasteiger partial charge in [0.05, 0.1) is 0 Å². The van der Waals surface area contributed by atoms with Gasteiger partial charge in [0, 0.05) is 0 Å². The van der Waals surface area contributed by atoms with E-state index in [4.69, 9.17) is 0 Å². The van der Waals surface area contributed by atoms with Crippen LogP contribution in [-0.2, 0) is 50.6 Å². The average molecular weight is 823 g/mol. The minimum atomic E-state index is -4.61. The number of hydrogen-bond donors (Lipinski definition) is 0. The Hall–Kier alpha value is -3.32. The molecule has 0 aromatic heterocycles. The molecule has 4 aromatic rings. The summed E-state index contributed by atoms with van der Waals surface area (Å²) in [5.41, 5.74) is 5.59. The van der Waals surface area contributed by atoms with E-state index in [-0.39, 0.29) is 10.8 Å². The minimum absolute atomic E-state index is 0.0561. The van der Waals surface area contributed by atoms with Gasteiger partial charge in [0.2, 0.25) is 0 Å². The summed E-state index contributed by atoms with van der Waals surface area (Å²) in [4.78, 5) is 0. The van der Waals surface area contributed by atoms with Gasteiger partial charge in [-0.05, 0) is 0 Å². The molecule has 0 saturated carbocycles. The van der Waals surface area contributed by atoms with Gasteiger partial charge in [-0.2, -0.15) is 0 Å². The normalized spacial score (nSPS) is 14.5. The van der Waals surface area contributed by atoms with Gasteiger partial charge in [-0.1, -0.05) is 0 Å². The molecule has 0 unspecified atom stereocenters. The fourth-order valence-electron chi connectivity index (χ4n) is 6.89. The van der Waals surface area contributed by atoms with E-state index in [2.05, 4.69) is 78.0 Å². The van der Waals surface area contributed by atoms with Gasteiger partial charge < -0.3 is 0 Å². The quantitative estimate of drug-likeness (QED) is 0.125. The van der Waals surface area contributed by atoms with Gasteiger partial charge in [0.15, 0.2) is 0 Å². The molecule has 7 heteroatoms. The van der Waals surface area contributed by atoms with Gasteiger partial charge in [0.1, 0.15) is 0 Å². The predicted molar refractivity (Wildman–Crippen MR) is 180 cm³/mol. The number of hydrogen-bond acceptors (Lipinski definition) is 0. The second-order valence-corrected chi connectivity index (χ2v) is 23.4. The Morgan fingerprint density at radius 2 is 1.21 bits per heavy atom. The van der Waals surface area contributed by atoms with Crippen LogP contribution < -0.4 is 3.32 Å². The number of allylic oxidation sites excluding steroid dienone is 4. The van der Waals surface area contributed by atoms with E-state index < -0.39 is 44.4 Å². The number of benzene rings is 4. The third-order valence-corrected chi connectivity index (χ3v) is 20.7. The SMILES string of the molecule is CC(C)(C)c1ccc2c(c1)Cc1c-2ccc(C(C)(C)C)[c]1[Hf]([C]1=CC=CC1)=[C](c1cccc(C(F)(F)F)c1)c1cccc(C(F)(F)F)c1. The van der Waals surface area contributed by atoms with Gasteiger partial charge in [-0.25, -0.2) is 0 Å². The van der Waals surface area contributed by atoms with Crippen LogP contribution in [0.4, 0.5) is 26.3 Å². The Balaban J connectivity index is 1.76. The van der Waals surface area contributed by atoms with E-state index in [9.17, 15) is 26.3 Å². The van der Waals surface area contributed by atoms with Crippen LogP contribution in [0.25, 0.3) is 11.1 Å². The first-order valence-electron chi connectivity index (χ1n) is 16.1. The molecule has 248 valence electrons. The fourth-order valence-corrected chi connectivity index (χ4v) is 19.9. The molecule has 6 rings (SSSR count). The van der Waals surface area contributed by atoms with Crippen molar-refractivity contribution in [2.24, 2.45) is 0 Å². The zero-order chi connectivity index (χ0) is 34.8. The maximum atomic E-state index is 14.2. The number of rotatable bonds is 4. The summed E-state index contributed by atoms with van der Waals surface area (Å²) in [6, 6.07) is 21.3. The first kappa shape index (κ1) is 34.5. The molecule has 0 atom stereocenters. The van der Waals surface area contributed by atoms with Crippen LogP contribution >= 0.6 is 0 Å². The monoisotopic (exact) mass is 824 g/mol. The van der Waals surface area contributed by atoms with E-state index in [1.165, 1.54) is 26.6 Å². The summed E-state index contributed by atoms with van der Waals surface area (Å²) < 4.78 is 88.0.